The van der Waals surface area contributed by atoms with E-state index in [1.165, 1.54) is 25.7 Å². The maximum absolute atomic E-state index is 6.19. The van der Waals surface area contributed by atoms with E-state index >= 15 is 0 Å². The van der Waals surface area contributed by atoms with E-state index in [-0.39, 0.29) is 0 Å². The van der Waals surface area contributed by atoms with Crippen LogP contribution in [0.25, 0.3) is 11.2 Å². The number of aromatic nitrogens is 4. The number of rotatable bonds is 4. The maximum Gasteiger partial charge on any atom is 0.202 e. The highest BCUT2D eigenvalue weighted by molar-refractivity contribution is 5.77. The molecule has 2 heterocycles. The third-order valence-electron chi connectivity index (χ3n) is 4.79. The van der Waals surface area contributed by atoms with Crippen LogP contribution in [-0.2, 0) is 20.0 Å². The molecule has 21 heavy (non-hydrogen) atoms. The number of hydrogen-bond donors (Lipinski definition) is 1. The third kappa shape index (κ3) is 2.65. The summed E-state index contributed by atoms with van der Waals surface area (Å²) in [5.41, 5.74) is 9.37. The van der Waals surface area contributed by atoms with Crippen LogP contribution in [0.1, 0.15) is 51.6 Å². The van der Waals surface area contributed by atoms with Crippen LogP contribution in [0.5, 0.6) is 0 Å². The molecule has 0 amide bonds. The van der Waals surface area contributed by atoms with Crippen LogP contribution in [0.3, 0.4) is 0 Å². The van der Waals surface area contributed by atoms with Crippen LogP contribution in [0.2, 0.25) is 0 Å². The van der Waals surface area contributed by atoms with Crippen molar-refractivity contribution in [1.29, 1.82) is 0 Å². The Hall–Kier alpha value is -1.52. The molecule has 1 fully saturated rings. The average molecular weight is 289 g/mol. The highest BCUT2D eigenvalue weighted by Crippen LogP contribution is 2.31. The van der Waals surface area contributed by atoms with E-state index in [0.29, 0.717) is 5.95 Å². The standard InChI is InChI=1S/C16H27N5/c1-4-6-13-14-15(20(3)19-13)21(16(17)18-14)10-12-8-5-7-11(2)9-12/h11-12H,4-10H2,1-3H3,(H2,17,18). The number of imidazole rings is 1. The van der Waals surface area contributed by atoms with Gasteiger partial charge in [-0.25, -0.2) is 4.98 Å². The first-order valence-electron chi connectivity index (χ1n) is 8.27. The number of anilines is 1. The molecule has 0 spiro atoms. The van der Waals surface area contributed by atoms with E-state index in [2.05, 4.69) is 28.5 Å². The number of nitrogens with two attached hydrogens (primary N) is 1. The molecule has 0 bridgehead atoms. The van der Waals surface area contributed by atoms with Crippen LogP contribution in [0, 0.1) is 11.8 Å². The molecule has 2 aromatic rings. The molecule has 2 atom stereocenters. The van der Waals surface area contributed by atoms with Crippen molar-refractivity contribution in [3.05, 3.63) is 5.69 Å². The molecule has 1 aliphatic rings. The van der Waals surface area contributed by atoms with Crippen molar-refractivity contribution in [3.8, 4) is 0 Å². The second kappa shape index (κ2) is 5.70. The second-order valence-electron chi connectivity index (χ2n) is 6.71. The van der Waals surface area contributed by atoms with Gasteiger partial charge in [0, 0.05) is 13.6 Å². The number of nitrogen functional groups attached to an aromatic ring is 1. The fraction of sp³-hybridized carbons (Fsp3) is 0.750. The normalized spacial score (nSPS) is 23.0. The molecule has 116 valence electrons. The minimum Gasteiger partial charge on any atom is -0.369 e. The summed E-state index contributed by atoms with van der Waals surface area (Å²) in [4.78, 5) is 4.59. The molecule has 1 saturated carbocycles. The van der Waals surface area contributed by atoms with Gasteiger partial charge in [-0.05, 0) is 31.1 Å². The van der Waals surface area contributed by atoms with Gasteiger partial charge in [0.1, 0.15) is 5.52 Å². The van der Waals surface area contributed by atoms with Gasteiger partial charge in [0.15, 0.2) is 5.65 Å². The Balaban J connectivity index is 1.92. The second-order valence-corrected chi connectivity index (χ2v) is 6.71. The Labute approximate surface area is 126 Å². The average Bonchev–Trinajstić information content (AvgIpc) is 2.90. The SMILES string of the molecule is CCCc1nn(C)c2c1nc(N)n2CC1CCCC(C)C1. The van der Waals surface area contributed by atoms with Gasteiger partial charge in [-0.1, -0.05) is 33.1 Å². The van der Waals surface area contributed by atoms with E-state index in [1.54, 1.807) is 0 Å². The van der Waals surface area contributed by atoms with Gasteiger partial charge in [0.05, 0.1) is 5.69 Å². The fourth-order valence-corrected chi connectivity index (χ4v) is 3.83. The molecule has 5 nitrogen and oxygen atoms in total. The van der Waals surface area contributed by atoms with Gasteiger partial charge in [0.2, 0.25) is 5.95 Å². The number of fused-ring (bicyclic) bond motifs is 1. The Kier molecular flexibility index (Phi) is 3.91. The Bertz CT molecular complexity index is 624. The van der Waals surface area contributed by atoms with Crippen molar-refractivity contribution in [2.45, 2.75) is 58.9 Å². The Morgan fingerprint density at radius 2 is 2.14 bits per heavy atom. The van der Waals surface area contributed by atoms with Crippen LogP contribution >= 0.6 is 0 Å². The molecule has 2 aromatic heterocycles. The third-order valence-corrected chi connectivity index (χ3v) is 4.79. The summed E-state index contributed by atoms with van der Waals surface area (Å²) in [6, 6.07) is 0. The lowest BCUT2D eigenvalue weighted by Crippen LogP contribution is -2.20. The first-order valence-corrected chi connectivity index (χ1v) is 8.27. The summed E-state index contributed by atoms with van der Waals surface area (Å²) in [6.07, 6.45) is 7.38. The predicted octanol–water partition coefficient (Wildman–Crippen LogP) is 3.13. The predicted molar refractivity (Wildman–Crippen MR) is 86.0 cm³/mol. The minimum atomic E-state index is 0.647. The largest absolute Gasteiger partial charge is 0.369 e. The van der Waals surface area contributed by atoms with Crippen molar-refractivity contribution in [3.63, 3.8) is 0 Å². The molecular formula is C16H27N5. The van der Waals surface area contributed by atoms with E-state index in [0.717, 1.165) is 48.1 Å². The topological polar surface area (TPSA) is 61.7 Å². The van der Waals surface area contributed by atoms with Crippen molar-refractivity contribution in [1.82, 2.24) is 19.3 Å². The molecule has 0 aromatic carbocycles. The summed E-state index contributed by atoms with van der Waals surface area (Å²) < 4.78 is 4.14. The zero-order valence-corrected chi connectivity index (χ0v) is 13.5. The Morgan fingerprint density at radius 3 is 2.86 bits per heavy atom. The molecular weight excluding hydrogens is 262 g/mol. The van der Waals surface area contributed by atoms with Gasteiger partial charge in [-0.15, -0.1) is 0 Å². The monoisotopic (exact) mass is 289 g/mol. The summed E-state index contributed by atoms with van der Waals surface area (Å²) >= 11 is 0. The summed E-state index contributed by atoms with van der Waals surface area (Å²) in [7, 11) is 2.00. The minimum absolute atomic E-state index is 0.647. The Morgan fingerprint density at radius 1 is 1.33 bits per heavy atom. The van der Waals surface area contributed by atoms with E-state index in [9.17, 15) is 0 Å². The van der Waals surface area contributed by atoms with Crippen molar-refractivity contribution in [2.24, 2.45) is 18.9 Å². The number of hydrogen-bond acceptors (Lipinski definition) is 3. The first kappa shape index (κ1) is 14.4. The molecule has 1 aliphatic carbocycles. The molecule has 0 saturated heterocycles. The van der Waals surface area contributed by atoms with Gasteiger partial charge in [-0.3, -0.25) is 9.25 Å². The summed E-state index contributed by atoms with van der Waals surface area (Å²) in [6.45, 7) is 5.52. The summed E-state index contributed by atoms with van der Waals surface area (Å²) in [5.74, 6) is 2.21. The lowest BCUT2D eigenvalue weighted by atomic mass is 9.82. The molecule has 2 unspecified atom stereocenters. The molecule has 2 N–H and O–H groups in total. The van der Waals surface area contributed by atoms with E-state index < -0.39 is 0 Å². The molecule has 0 aliphatic heterocycles. The molecule has 5 heteroatoms. The fourth-order valence-electron chi connectivity index (χ4n) is 3.83. The lowest BCUT2D eigenvalue weighted by Gasteiger charge is -2.27. The first-order chi connectivity index (χ1) is 10.1. The van der Waals surface area contributed by atoms with Crippen LogP contribution in [-0.4, -0.2) is 19.3 Å². The quantitative estimate of drug-likeness (QED) is 0.940. The smallest absolute Gasteiger partial charge is 0.202 e. The van der Waals surface area contributed by atoms with Gasteiger partial charge in [0.25, 0.3) is 0 Å². The van der Waals surface area contributed by atoms with Crippen molar-refractivity contribution < 1.29 is 0 Å². The number of aryl methyl sites for hydroxylation is 2. The highest BCUT2D eigenvalue weighted by atomic mass is 15.3. The highest BCUT2D eigenvalue weighted by Gasteiger charge is 2.23. The zero-order valence-electron chi connectivity index (χ0n) is 13.5. The van der Waals surface area contributed by atoms with Crippen molar-refractivity contribution >= 4 is 17.1 Å². The van der Waals surface area contributed by atoms with E-state index in [4.69, 9.17) is 5.73 Å². The lowest BCUT2D eigenvalue weighted by molar-refractivity contribution is 0.259. The van der Waals surface area contributed by atoms with E-state index in [1.807, 2.05) is 11.7 Å². The van der Waals surface area contributed by atoms with Gasteiger partial charge in [-0.2, -0.15) is 5.10 Å². The molecule has 0 radical (unpaired) electrons. The van der Waals surface area contributed by atoms with Gasteiger partial charge < -0.3 is 5.73 Å². The van der Waals surface area contributed by atoms with Crippen molar-refractivity contribution in [2.75, 3.05) is 5.73 Å². The maximum atomic E-state index is 6.19. The number of nitrogens with zero attached hydrogens (tertiary/aromatic N) is 4. The zero-order chi connectivity index (χ0) is 15.0. The van der Waals surface area contributed by atoms with Crippen LogP contribution in [0.15, 0.2) is 0 Å². The van der Waals surface area contributed by atoms with Crippen LogP contribution in [0.4, 0.5) is 5.95 Å². The van der Waals surface area contributed by atoms with Gasteiger partial charge >= 0.3 is 0 Å². The molecule has 3 rings (SSSR count). The van der Waals surface area contributed by atoms with Crippen LogP contribution < -0.4 is 5.73 Å². The summed E-state index contributed by atoms with van der Waals surface area (Å²) in [5, 5.41) is 4.63.